The van der Waals surface area contributed by atoms with E-state index in [0.29, 0.717) is 28.6 Å². The fourth-order valence-electron chi connectivity index (χ4n) is 2.29. The molecule has 28 heavy (non-hydrogen) atoms. The normalized spacial score (nSPS) is 10.2. The van der Waals surface area contributed by atoms with Gasteiger partial charge in [-0.05, 0) is 61.9 Å². The summed E-state index contributed by atoms with van der Waals surface area (Å²) in [5.41, 5.74) is 2.55. The number of nitrogens with one attached hydrogen (secondary N) is 2. The lowest BCUT2D eigenvalue weighted by Gasteiger charge is -2.09. The molecule has 0 aliphatic carbocycles. The van der Waals surface area contributed by atoms with E-state index >= 15 is 0 Å². The van der Waals surface area contributed by atoms with Crippen molar-refractivity contribution in [3.8, 4) is 0 Å². The van der Waals surface area contributed by atoms with E-state index in [9.17, 15) is 14.4 Å². The van der Waals surface area contributed by atoms with Crippen LogP contribution in [0.4, 0.5) is 11.4 Å². The standard InChI is InChI=1S/C20H21ClN2O4S/c1-3-27-20(26)14-4-7-16(8-5-14)22-18(24)11-28-12-19(25)23-17-9-6-15(21)10-13(17)2/h4-10H,3,11-12H2,1-2H3,(H,22,24)(H,23,25). The molecule has 8 heteroatoms. The van der Waals surface area contributed by atoms with E-state index in [2.05, 4.69) is 10.6 Å². The number of anilines is 2. The number of ether oxygens (including phenoxy) is 1. The number of carbonyl (C=O) groups is 3. The van der Waals surface area contributed by atoms with Crippen molar-refractivity contribution in [3.63, 3.8) is 0 Å². The van der Waals surface area contributed by atoms with Crippen molar-refractivity contribution >= 4 is 52.5 Å². The van der Waals surface area contributed by atoms with Crippen LogP contribution in [0, 0.1) is 6.92 Å². The highest BCUT2D eigenvalue weighted by Crippen LogP contribution is 2.20. The van der Waals surface area contributed by atoms with E-state index in [0.717, 1.165) is 5.56 Å². The summed E-state index contributed by atoms with van der Waals surface area (Å²) in [6.45, 7) is 3.90. The Balaban J connectivity index is 1.74. The molecule has 0 spiro atoms. The number of hydrogen-bond donors (Lipinski definition) is 2. The molecule has 2 N–H and O–H groups in total. The average molecular weight is 421 g/mol. The van der Waals surface area contributed by atoms with E-state index in [1.807, 2.05) is 6.92 Å². The van der Waals surface area contributed by atoms with Gasteiger partial charge in [0.15, 0.2) is 0 Å². The van der Waals surface area contributed by atoms with Crippen molar-refractivity contribution < 1.29 is 19.1 Å². The van der Waals surface area contributed by atoms with Crippen LogP contribution in [0.1, 0.15) is 22.8 Å². The molecule has 6 nitrogen and oxygen atoms in total. The van der Waals surface area contributed by atoms with Crippen LogP contribution in [0.2, 0.25) is 5.02 Å². The van der Waals surface area contributed by atoms with Crippen LogP contribution >= 0.6 is 23.4 Å². The summed E-state index contributed by atoms with van der Waals surface area (Å²) in [5.74, 6) is -0.548. The molecule has 0 aromatic heterocycles. The zero-order valence-electron chi connectivity index (χ0n) is 15.6. The first-order valence-corrected chi connectivity index (χ1v) is 10.1. The summed E-state index contributed by atoms with van der Waals surface area (Å²) >= 11 is 7.10. The maximum atomic E-state index is 12.0. The molecular formula is C20H21ClN2O4S. The highest BCUT2D eigenvalue weighted by Gasteiger charge is 2.09. The minimum absolute atomic E-state index is 0.132. The van der Waals surface area contributed by atoms with Crippen molar-refractivity contribution in [3.05, 3.63) is 58.6 Å². The SMILES string of the molecule is CCOC(=O)c1ccc(NC(=O)CSCC(=O)Nc2ccc(Cl)cc2C)cc1. The van der Waals surface area contributed by atoms with Gasteiger partial charge in [-0.3, -0.25) is 9.59 Å². The Bertz CT molecular complexity index is 856. The van der Waals surface area contributed by atoms with Gasteiger partial charge in [-0.2, -0.15) is 0 Å². The molecule has 0 fully saturated rings. The van der Waals surface area contributed by atoms with Gasteiger partial charge in [0.2, 0.25) is 11.8 Å². The Kier molecular flexibility index (Phi) is 8.35. The molecule has 0 radical (unpaired) electrons. The summed E-state index contributed by atoms with van der Waals surface area (Å²) in [5, 5.41) is 6.12. The Labute approximate surface area is 173 Å². The summed E-state index contributed by atoms with van der Waals surface area (Å²) in [7, 11) is 0. The first kappa shape index (κ1) is 21.8. The Morgan fingerprint density at radius 3 is 2.25 bits per heavy atom. The monoisotopic (exact) mass is 420 g/mol. The van der Waals surface area contributed by atoms with Gasteiger partial charge in [-0.15, -0.1) is 11.8 Å². The van der Waals surface area contributed by atoms with E-state index in [4.69, 9.17) is 16.3 Å². The topological polar surface area (TPSA) is 84.5 Å². The number of halogens is 1. The zero-order valence-corrected chi connectivity index (χ0v) is 17.2. The first-order valence-electron chi connectivity index (χ1n) is 8.60. The first-order chi connectivity index (χ1) is 13.4. The number of thioether (sulfide) groups is 1. The Morgan fingerprint density at radius 1 is 1.00 bits per heavy atom. The summed E-state index contributed by atoms with van der Waals surface area (Å²) in [4.78, 5) is 35.6. The lowest BCUT2D eigenvalue weighted by Crippen LogP contribution is -2.18. The summed E-state index contributed by atoms with van der Waals surface area (Å²) in [6, 6.07) is 11.6. The smallest absolute Gasteiger partial charge is 0.338 e. The predicted octanol–water partition coefficient (Wildman–Crippen LogP) is 4.14. The number of hydrogen-bond acceptors (Lipinski definition) is 5. The lowest BCUT2D eigenvalue weighted by molar-refractivity contribution is -0.114. The quantitative estimate of drug-likeness (QED) is 0.627. The van der Waals surface area contributed by atoms with Gasteiger partial charge in [0.05, 0.1) is 23.7 Å². The molecule has 2 aromatic rings. The maximum absolute atomic E-state index is 12.0. The van der Waals surface area contributed by atoms with Crippen LogP contribution < -0.4 is 10.6 Å². The minimum Gasteiger partial charge on any atom is -0.462 e. The van der Waals surface area contributed by atoms with Gasteiger partial charge in [-0.1, -0.05) is 11.6 Å². The summed E-state index contributed by atoms with van der Waals surface area (Å²) in [6.07, 6.45) is 0. The lowest BCUT2D eigenvalue weighted by atomic mass is 10.2. The Morgan fingerprint density at radius 2 is 1.64 bits per heavy atom. The molecule has 2 aromatic carbocycles. The molecule has 0 aliphatic heterocycles. The van der Waals surface area contributed by atoms with E-state index in [-0.39, 0.29) is 23.3 Å². The molecule has 0 bridgehead atoms. The van der Waals surface area contributed by atoms with Gasteiger partial charge < -0.3 is 15.4 Å². The van der Waals surface area contributed by atoms with Crippen LogP contribution in [0.15, 0.2) is 42.5 Å². The highest BCUT2D eigenvalue weighted by atomic mass is 35.5. The van der Waals surface area contributed by atoms with Crippen LogP contribution in [0.5, 0.6) is 0 Å². The molecule has 0 atom stereocenters. The van der Waals surface area contributed by atoms with E-state index < -0.39 is 5.97 Å². The number of amides is 2. The molecule has 148 valence electrons. The molecule has 0 saturated heterocycles. The second kappa shape index (κ2) is 10.7. The van der Waals surface area contributed by atoms with Crippen molar-refractivity contribution in [1.82, 2.24) is 0 Å². The number of carbonyl (C=O) groups excluding carboxylic acids is 3. The number of esters is 1. The number of benzene rings is 2. The van der Waals surface area contributed by atoms with Gasteiger partial charge in [-0.25, -0.2) is 4.79 Å². The van der Waals surface area contributed by atoms with Crippen LogP contribution in [0.25, 0.3) is 0 Å². The van der Waals surface area contributed by atoms with Crippen molar-refractivity contribution in [1.29, 1.82) is 0 Å². The second-order valence-electron chi connectivity index (χ2n) is 5.85. The molecular weight excluding hydrogens is 400 g/mol. The second-order valence-corrected chi connectivity index (χ2v) is 7.27. The summed E-state index contributed by atoms with van der Waals surface area (Å²) < 4.78 is 4.91. The van der Waals surface area contributed by atoms with Crippen LogP contribution in [-0.2, 0) is 14.3 Å². The van der Waals surface area contributed by atoms with Gasteiger partial charge in [0.1, 0.15) is 0 Å². The van der Waals surface area contributed by atoms with Gasteiger partial charge in [0, 0.05) is 16.4 Å². The third kappa shape index (κ3) is 6.90. The predicted molar refractivity (Wildman–Crippen MR) is 113 cm³/mol. The highest BCUT2D eigenvalue weighted by molar-refractivity contribution is 8.00. The maximum Gasteiger partial charge on any atom is 0.338 e. The minimum atomic E-state index is -0.405. The molecule has 2 rings (SSSR count). The number of rotatable bonds is 8. The van der Waals surface area contributed by atoms with E-state index in [1.54, 1.807) is 49.4 Å². The largest absolute Gasteiger partial charge is 0.462 e. The third-order valence-electron chi connectivity index (χ3n) is 3.61. The number of aryl methyl sites for hydroxylation is 1. The zero-order chi connectivity index (χ0) is 20.5. The Hall–Kier alpha value is -2.51. The molecule has 0 aliphatic rings. The molecule has 0 saturated carbocycles. The van der Waals surface area contributed by atoms with Crippen molar-refractivity contribution in [2.45, 2.75) is 13.8 Å². The average Bonchev–Trinajstić information content (AvgIpc) is 2.65. The van der Waals surface area contributed by atoms with Crippen LogP contribution in [-0.4, -0.2) is 35.9 Å². The fraction of sp³-hybridized carbons (Fsp3) is 0.250. The molecule has 0 heterocycles. The molecule has 2 amide bonds. The van der Waals surface area contributed by atoms with Crippen molar-refractivity contribution in [2.24, 2.45) is 0 Å². The third-order valence-corrected chi connectivity index (χ3v) is 4.78. The van der Waals surface area contributed by atoms with Gasteiger partial charge >= 0.3 is 5.97 Å². The van der Waals surface area contributed by atoms with E-state index in [1.165, 1.54) is 11.8 Å². The molecule has 0 unspecified atom stereocenters. The van der Waals surface area contributed by atoms with Crippen LogP contribution in [0.3, 0.4) is 0 Å². The fourth-order valence-corrected chi connectivity index (χ4v) is 3.14. The van der Waals surface area contributed by atoms with Crippen molar-refractivity contribution in [2.75, 3.05) is 28.7 Å². The van der Waals surface area contributed by atoms with Gasteiger partial charge in [0.25, 0.3) is 0 Å².